The Morgan fingerprint density at radius 1 is 0.317 bits per heavy atom. The van der Waals surface area contributed by atoms with Gasteiger partial charge in [0.15, 0.2) is 8.07 Å². The molecule has 11 aromatic rings. The lowest BCUT2D eigenvalue weighted by Crippen LogP contribution is -2.74. The predicted molar refractivity (Wildman–Crippen MR) is 270 cm³/mol. The molecule has 302 valence electrons. The summed E-state index contributed by atoms with van der Waals surface area (Å²) in [6.45, 7) is 0. The lowest BCUT2D eigenvalue weighted by molar-refractivity contribution is 0.444. The molecule has 0 amide bonds. The van der Waals surface area contributed by atoms with Crippen LogP contribution in [0.25, 0.3) is 66.1 Å². The maximum absolute atomic E-state index is 2.58. The van der Waals surface area contributed by atoms with Crippen LogP contribution in [0.1, 0.15) is 43.6 Å². The second kappa shape index (κ2) is 15.6. The Morgan fingerprint density at radius 2 is 0.730 bits per heavy atom. The van der Waals surface area contributed by atoms with E-state index in [4.69, 9.17) is 0 Å². The molecule has 2 nitrogen and oxygen atoms in total. The first-order valence-corrected chi connectivity index (χ1v) is 24.7. The Hall–Kier alpha value is -7.20. The maximum atomic E-state index is 2.50. The Morgan fingerprint density at radius 3 is 1.29 bits per heavy atom. The van der Waals surface area contributed by atoms with Gasteiger partial charge in [-0.3, -0.25) is 0 Å². The van der Waals surface area contributed by atoms with E-state index in [0.29, 0.717) is 5.92 Å². The van der Waals surface area contributed by atoms with Crippen molar-refractivity contribution >= 4 is 72.4 Å². The van der Waals surface area contributed by atoms with E-state index in [1.807, 2.05) is 0 Å². The van der Waals surface area contributed by atoms with Crippen molar-refractivity contribution in [2.75, 3.05) is 0 Å². The molecular formula is C60H48N2Si. The summed E-state index contributed by atoms with van der Waals surface area (Å²) in [6.07, 6.45) is 6.68. The first-order valence-electron chi connectivity index (χ1n) is 22.7. The largest absolute Gasteiger partial charge is 0.309 e. The maximum Gasteiger partial charge on any atom is 0.179 e. The van der Waals surface area contributed by atoms with Crippen LogP contribution in [0.5, 0.6) is 0 Å². The molecule has 0 saturated heterocycles. The standard InChI is InChI=1S/C60H48N2Si/c1-5-17-43(18-6-1)46-33-39-59-55(41-46)53-25-13-16-28-58(53)62(59)48-36-40-60-56(42-48)54-26-14-15-27-57(54)61(60)47-34-29-44(30-35-47)45-31-37-52(38-32-45)63(49-19-7-2-8-20-49,50-21-9-3-10-22-50)51-23-11-4-12-24-51/h2-4,7-16,19-43H,1,5-6,17-18H2. The second-order valence-corrected chi connectivity index (χ2v) is 21.3. The third-order valence-electron chi connectivity index (χ3n) is 14.1. The molecule has 2 aromatic heterocycles. The second-order valence-electron chi connectivity index (χ2n) is 17.5. The van der Waals surface area contributed by atoms with Gasteiger partial charge in [0.1, 0.15) is 0 Å². The van der Waals surface area contributed by atoms with Crippen LogP contribution in [-0.2, 0) is 0 Å². The van der Waals surface area contributed by atoms with Gasteiger partial charge in [-0.2, -0.15) is 0 Å². The van der Waals surface area contributed by atoms with Crippen molar-refractivity contribution in [3.63, 3.8) is 0 Å². The fourth-order valence-corrected chi connectivity index (χ4v) is 15.9. The van der Waals surface area contributed by atoms with Crippen LogP contribution in [0.2, 0.25) is 0 Å². The zero-order valence-corrected chi connectivity index (χ0v) is 36.4. The van der Waals surface area contributed by atoms with Crippen molar-refractivity contribution < 1.29 is 0 Å². The molecule has 1 fully saturated rings. The number of para-hydroxylation sites is 2. The molecule has 0 unspecified atom stereocenters. The first-order chi connectivity index (χ1) is 31.3. The Bertz CT molecular complexity index is 3300. The molecule has 0 radical (unpaired) electrons. The summed E-state index contributed by atoms with van der Waals surface area (Å²) < 4.78 is 4.91. The molecule has 12 rings (SSSR count). The zero-order valence-electron chi connectivity index (χ0n) is 35.4. The number of benzene rings is 9. The fraction of sp³-hybridized carbons (Fsp3) is 0.100. The van der Waals surface area contributed by atoms with E-state index in [-0.39, 0.29) is 0 Å². The number of hydrogen-bond acceptors (Lipinski definition) is 0. The fourth-order valence-electron chi connectivity index (χ4n) is 11.1. The average Bonchev–Trinajstić information content (AvgIpc) is 3.88. The average molecular weight is 825 g/mol. The molecule has 2 heterocycles. The summed E-state index contributed by atoms with van der Waals surface area (Å²) in [6, 6.07) is 84.2. The summed E-state index contributed by atoms with van der Waals surface area (Å²) in [5.41, 5.74) is 11.2. The summed E-state index contributed by atoms with van der Waals surface area (Å²) >= 11 is 0. The molecule has 1 saturated carbocycles. The van der Waals surface area contributed by atoms with Gasteiger partial charge in [0, 0.05) is 32.9 Å². The molecule has 0 aliphatic heterocycles. The molecular weight excluding hydrogens is 777 g/mol. The molecule has 9 aromatic carbocycles. The highest BCUT2D eigenvalue weighted by molar-refractivity contribution is 7.19. The Labute approximate surface area is 370 Å². The van der Waals surface area contributed by atoms with Gasteiger partial charge >= 0.3 is 0 Å². The van der Waals surface area contributed by atoms with E-state index in [0.717, 1.165) is 5.69 Å². The van der Waals surface area contributed by atoms with Crippen molar-refractivity contribution in [1.82, 2.24) is 9.13 Å². The van der Waals surface area contributed by atoms with Crippen LogP contribution in [0.4, 0.5) is 0 Å². The van der Waals surface area contributed by atoms with Gasteiger partial charge in [0.25, 0.3) is 0 Å². The molecule has 0 atom stereocenters. The third-order valence-corrected chi connectivity index (χ3v) is 18.9. The van der Waals surface area contributed by atoms with Gasteiger partial charge in [0.05, 0.1) is 22.1 Å². The molecule has 1 aliphatic carbocycles. The quantitative estimate of drug-likeness (QED) is 0.107. The molecule has 0 spiro atoms. The van der Waals surface area contributed by atoms with Gasteiger partial charge in [-0.1, -0.05) is 189 Å². The smallest absolute Gasteiger partial charge is 0.179 e. The first kappa shape index (κ1) is 37.5. The molecule has 63 heavy (non-hydrogen) atoms. The van der Waals surface area contributed by atoms with E-state index in [1.54, 1.807) is 0 Å². The van der Waals surface area contributed by atoms with Crippen molar-refractivity contribution in [2.24, 2.45) is 0 Å². The predicted octanol–water partition coefficient (Wildman–Crippen LogP) is 13.0. The van der Waals surface area contributed by atoms with E-state index in [2.05, 4.69) is 234 Å². The SMILES string of the molecule is c1ccc([Si](c2ccccc2)(c2ccccc2)c2ccc(-c3ccc(-n4c5ccccc5c5cc(-n6c7ccccc7c7cc(C8CCCCC8)ccc76)ccc54)cc3)cc2)cc1. The molecule has 0 N–H and O–H groups in total. The van der Waals surface area contributed by atoms with E-state index < -0.39 is 8.07 Å². The summed E-state index contributed by atoms with van der Waals surface area (Å²) in [5.74, 6) is 0.675. The van der Waals surface area contributed by atoms with Crippen LogP contribution in [0.3, 0.4) is 0 Å². The van der Waals surface area contributed by atoms with Crippen molar-refractivity contribution in [3.8, 4) is 22.5 Å². The third kappa shape index (κ3) is 6.21. The van der Waals surface area contributed by atoms with Gasteiger partial charge in [-0.15, -0.1) is 0 Å². The monoisotopic (exact) mass is 824 g/mol. The minimum Gasteiger partial charge on any atom is -0.309 e. The minimum absolute atomic E-state index is 0.675. The summed E-state index contributed by atoms with van der Waals surface area (Å²) in [7, 11) is -2.58. The number of fused-ring (bicyclic) bond motifs is 6. The van der Waals surface area contributed by atoms with E-state index in [1.165, 1.54) is 119 Å². The Kier molecular flexibility index (Phi) is 9.30. The van der Waals surface area contributed by atoms with E-state index >= 15 is 0 Å². The number of aromatic nitrogens is 2. The van der Waals surface area contributed by atoms with Crippen LogP contribution in [-0.4, -0.2) is 17.2 Å². The van der Waals surface area contributed by atoms with Gasteiger partial charge in [-0.25, -0.2) is 0 Å². The highest BCUT2D eigenvalue weighted by atomic mass is 28.3. The highest BCUT2D eigenvalue weighted by Crippen LogP contribution is 2.40. The van der Waals surface area contributed by atoms with Gasteiger partial charge < -0.3 is 9.13 Å². The zero-order chi connectivity index (χ0) is 41.7. The van der Waals surface area contributed by atoms with E-state index in [9.17, 15) is 0 Å². The van der Waals surface area contributed by atoms with Gasteiger partial charge in [0.2, 0.25) is 0 Å². The number of rotatable bonds is 8. The van der Waals surface area contributed by atoms with Crippen molar-refractivity contribution in [3.05, 3.63) is 230 Å². The number of hydrogen-bond donors (Lipinski definition) is 0. The summed E-state index contributed by atoms with van der Waals surface area (Å²) in [4.78, 5) is 0. The van der Waals surface area contributed by atoms with Crippen LogP contribution >= 0.6 is 0 Å². The van der Waals surface area contributed by atoms with Gasteiger partial charge in [-0.05, 0) is 111 Å². The Balaban J connectivity index is 0.926. The normalized spacial score (nSPS) is 13.7. The van der Waals surface area contributed by atoms with Crippen molar-refractivity contribution in [1.29, 1.82) is 0 Å². The lowest BCUT2D eigenvalue weighted by Gasteiger charge is -2.34. The van der Waals surface area contributed by atoms with Crippen LogP contribution in [0, 0.1) is 0 Å². The highest BCUT2D eigenvalue weighted by Gasteiger charge is 2.41. The van der Waals surface area contributed by atoms with Crippen LogP contribution < -0.4 is 20.7 Å². The van der Waals surface area contributed by atoms with Crippen molar-refractivity contribution in [2.45, 2.75) is 38.0 Å². The topological polar surface area (TPSA) is 9.86 Å². The lowest BCUT2D eigenvalue weighted by atomic mass is 9.84. The summed E-state index contributed by atoms with van der Waals surface area (Å²) in [5, 5.41) is 10.7. The minimum atomic E-state index is -2.58. The van der Waals surface area contributed by atoms with Crippen LogP contribution in [0.15, 0.2) is 224 Å². The number of nitrogens with zero attached hydrogens (tertiary/aromatic N) is 2. The molecule has 3 heteroatoms. The molecule has 1 aliphatic rings. The molecule has 0 bridgehead atoms.